The van der Waals surface area contributed by atoms with Crippen LogP contribution in [0.3, 0.4) is 0 Å². The molecular formula is C20H20ClNO5S. The molecule has 0 aromatic heterocycles. The smallest absolute Gasteiger partial charge is 0.337 e. The van der Waals surface area contributed by atoms with E-state index < -0.39 is 17.9 Å². The lowest BCUT2D eigenvalue weighted by Crippen LogP contribution is -2.33. The normalized spacial score (nSPS) is 16.4. The molecule has 0 radical (unpaired) electrons. The van der Waals surface area contributed by atoms with E-state index in [0.29, 0.717) is 22.0 Å². The van der Waals surface area contributed by atoms with Gasteiger partial charge in [0.25, 0.3) is 0 Å². The molecular weight excluding hydrogens is 402 g/mol. The second-order valence-corrected chi connectivity index (χ2v) is 7.17. The zero-order chi connectivity index (χ0) is 21.0. The monoisotopic (exact) mass is 421 g/mol. The largest absolute Gasteiger partial charge is 0.466 e. The van der Waals surface area contributed by atoms with Crippen molar-refractivity contribution in [3.05, 3.63) is 57.4 Å². The van der Waals surface area contributed by atoms with E-state index in [1.165, 1.54) is 14.0 Å². The number of thiocarbonyl (C=S) groups is 1. The summed E-state index contributed by atoms with van der Waals surface area (Å²) >= 11 is 11.0. The number of ether oxygens (including phenoxy) is 2. The van der Waals surface area contributed by atoms with Gasteiger partial charge in [-0.05, 0) is 38.5 Å². The zero-order valence-corrected chi connectivity index (χ0v) is 17.5. The number of allylic oxidation sites excluding steroid dienone is 2. The fraction of sp³-hybridized carbons (Fsp3) is 0.300. The van der Waals surface area contributed by atoms with Crippen LogP contribution in [-0.2, 0) is 23.9 Å². The molecule has 1 heterocycles. The lowest BCUT2D eigenvalue weighted by atomic mass is 9.80. The van der Waals surface area contributed by atoms with Crippen LogP contribution in [0.1, 0.15) is 32.3 Å². The molecule has 0 fully saturated rings. The quantitative estimate of drug-likeness (QED) is 0.557. The van der Waals surface area contributed by atoms with E-state index in [4.69, 9.17) is 33.3 Å². The summed E-state index contributed by atoms with van der Waals surface area (Å²) in [6.07, 6.45) is 0. The predicted octanol–water partition coefficient (Wildman–Crippen LogP) is 3.25. The van der Waals surface area contributed by atoms with Gasteiger partial charge in [0.15, 0.2) is 5.78 Å². The minimum Gasteiger partial charge on any atom is -0.466 e. The average Bonchev–Trinajstić information content (AvgIpc) is 2.64. The number of hydrogen-bond acceptors (Lipinski definition) is 7. The zero-order valence-electron chi connectivity index (χ0n) is 15.9. The summed E-state index contributed by atoms with van der Waals surface area (Å²) in [7, 11) is 1.27. The van der Waals surface area contributed by atoms with Gasteiger partial charge in [0, 0.05) is 16.4 Å². The number of methoxy groups -OCH3 is 1. The second kappa shape index (κ2) is 9.12. The fourth-order valence-electron chi connectivity index (χ4n) is 2.98. The van der Waals surface area contributed by atoms with Gasteiger partial charge in [-0.3, -0.25) is 4.79 Å². The molecule has 1 aliphatic rings. The molecule has 1 aromatic rings. The van der Waals surface area contributed by atoms with E-state index in [1.807, 2.05) is 0 Å². The van der Waals surface area contributed by atoms with Gasteiger partial charge in [-0.15, -0.1) is 0 Å². The Hall–Kier alpha value is -2.51. The highest BCUT2D eigenvalue weighted by atomic mass is 35.5. The number of halogens is 1. The molecule has 148 valence electrons. The van der Waals surface area contributed by atoms with Crippen molar-refractivity contribution in [3.8, 4) is 0 Å². The van der Waals surface area contributed by atoms with Gasteiger partial charge in [0.05, 0.1) is 29.0 Å². The molecule has 1 aromatic carbocycles. The first-order valence-corrected chi connectivity index (χ1v) is 9.19. The second-order valence-electron chi connectivity index (χ2n) is 6.24. The first-order chi connectivity index (χ1) is 13.2. The van der Waals surface area contributed by atoms with Gasteiger partial charge < -0.3 is 14.8 Å². The number of benzene rings is 1. The third kappa shape index (κ3) is 4.66. The highest BCUT2D eigenvalue weighted by Gasteiger charge is 2.38. The van der Waals surface area contributed by atoms with Crippen LogP contribution in [0.2, 0.25) is 5.02 Å². The lowest BCUT2D eigenvalue weighted by Gasteiger charge is -2.30. The van der Waals surface area contributed by atoms with Crippen LogP contribution in [0.15, 0.2) is 46.8 Å². The summed E-state index contributed by atoms with van der Waals surface area (Å²) in [6, 6.07) is 6.86. The molecule has 0 spiro atoms. The van der Waals surface area contributed by atoms with Gasteiger partial charge in [0.2, 0.25) is 0 Å². The Morgan fingerprint density at radius 1 is 1.14 bits per heavy atom. The Morgan fingerprint density at radius 3 is 2.29 bits per heavy atom. The minimum atomic E-state index is -0.745. The Balaban J connectivity index is 2.52. The fourth-order valence-corrected chi connectivity index (χ4v) is 3.23. The molecule has 0 saturated carbocycles. The maximum absolute atomic E-state index is 12.9. The predicted molar refractivity (Wildman–Crippen MR) is 109 cm³/mol. The Morgan fingerprint density at radius 2 is 1.75 bits per heavy atom. The summed E-state index contributed by atoms with van der Waals surface area (Å²) in [5.41, 5.74) is 2.21. The maximum Gasteiger partial charge on any atom is 0.337 e. The topological polar surface area (TPSA) is 81.7 Å². The average molecular weight is 422 g/mol. The summed E-state index contributed by atoms with van der Waals surface area (Å²) in [5, 5.41) is 3.48. The summed E-state index contributed by atoms with van der Waals surface area (Å²) < 4.78 is 10.2. The van der Waals surface area contributed by atoms with Crippen LogP contribution in [0, 0.1) is 0 Å². The van der Waals surface area contributed by atoms with Gasteiger partial charge in [-0.2, -0.15) is 0 Å². The van der Waals surface area contributed by atoms with Crippen molar-refractivity contribution in [2.45, 2.75) is 26.7 Å². The van der Waals surface area contributed by atoms with Crippen LogP contribution in [0.25, 0.3) is 0 Å². The van der Waals surface area contributed by atoms with E-state index >= 15 is 0 Å². The van der Waals surface area contributed by atoms with Gasteiger partial charge in [-0.1, -0.05) is 36.0 Å². The Labute approximate surface area is 173 Å². The SMILES string of the molecule is COC(=O)C1=C(C)NC(C)=C(C(=O)OCC(=S)C(C)=O)C1c1cccc(Cl)c1. The maximum atomic E-state index is 12.9. The first kappa shape index (κ1) is 21.8. The van der Waals surface area contributed by atoms with Crippen molar-refractivity contribution in [1.82, 2.24) is 5.32 Å². The molecule has 0 bridgehead atoms. The van der Waals surface area contributed by atoms with Crippen LogP contribution >= 0.6 is 23.8 Å². The molecule has 6 nitrogen and oxygen atoms in total. The van der Waals surface area contributed by atoms with Crippen molar-refractivity contribution in [3.63, 3.8) is 0 Å². The molecule has 2 rings (SSSR count). The van der Waals surface area contributed by atoms with E-state index in [1.54, 1.807) is 38.1 Å². The summed E-state index contributed by atoms with van der Waals surface area (Å²) in [4.78, 5) is 36.7. The van der Waals surface area contributed by atoms with E-state index in [2.05, 4.69) is 5.32 Å². The molecule has 1 atom stereocenters. The third-order valence-electron chi connectivity index (χ3n) is 4.29. The van der Waals surface area contributed by atoms with Crippen molar-refractivity contribution < 1.29 is 23.9 Å². The molecule has 0 saturated heterocycles. The number of ketones is 1. The molecule has 8 heteroatoms. The van der Waals surface area contributed by atoms with Gasteiger partial charge in [-0.25, -0.2) is 9.59 Å². The molecule has 1 N–H and O–H groups in total. The van der Waals surface area contributed by atoms with Crippen molar-refractivity contribution >= 4 is 46.4 Å². The number of hydrogen-bond donors (Lipinski definition) is 1. The number of carbonyl (C=O) groups excluding carboxylic acids is 3. The number of rotatable bonds is 6. The Kier molecular flexibility index (Phi) is 7.10. The van der Waals surface area contributed by atoms with Crippen molar-refractivity contribution in [2.75, 3.05) is 13.7 Å². The number of esters is 2. The summed E-state index contributed by atoms with van der Waals surface area (Å²) in [6.45, 7) is 4.42. The highest BCUT2D eigenvalue weighted by Crippen LogP contribution is 2.39. The molecule has 0 aliphatic carbocycles. The van der Waals surface area contributed by atoms with Crippen LogP contribution < -0.4 is 5.32 Å². The van der Waals surface area contributed by atoms with E-state index in [0.717, 1.165) is 0 Å². The molecule has 0 amide bonds. The lowest BCUT2D eigenvalue weighted by molar-refractivity contribution is -0.138. The van der Waals surface area contributed by atoms with E-state index in [-0.39, 0.29) is 28.4 Å². The molecule has 28 heavy (non-hydrogen) atoms. The highest BCUT2D eigenvalue weighted by molar-refractivity contribution is 7.82. The van der Waals surface area contributed by atoms with Crippen molar-refractivity contribution in [1.29, 1.82) is 0 Å². The van der Waals surface area contributed by atoms with E-state index in [9.17, 15) is 14.4 Å². The minimum absolute atomic E-state index is 0.00888. The third-order valence-corrected chi connectivity index (χ3v) is 4.94. The number of Topliss-reactive ketones (excluding diaryl/α,β-unsaturated/α-hetero) is 1. The first-order valence-electron chi connectivity index (χ1n) is 8.40. The molecule has 1 aliphatic heterocycles. The number of nitrogens with one attached hydrogen (secondary N) is 1. The molecule has 1 unspecified atom stereocenters. The number of dihydropyridines is 1. The standard InChI is InChI=1S/C20H20ClNO5S/c1-10-16(19(24)26-4)18(13-6-5-7-14(21)8-13)17(11(2)22-10)20(25)27-9-15(28)12(3)23/h5-8,18,22H,9H2,1-4H3. The van der Waals surface area contributed by atoms with Crippen molar-refractivity contribution in [2.24, 2.45) is 0 Å². The van der Waals surface area contributed by atoms with Crippen LogP contribution in [-0.4, -0.2) is 36.3 Å². The van der Waals surface area contributed by atoms with Crippen LogP contribution in [0.4, 0.5) is 0 Å². The van der Waals surface area contributed by atoms with Crippen LogP contribution in [0.5, 0.6) is 0 Å². The number of carbonyl (C=O) groups is 3. The summed E-state index contributed by atoms with van der Waals surface area (Å²) in [5.74, 6) is -2.35. The Bertz CT molecular complexity index is 919. The van der Waals surface area contributed by atoms with Gasteiger partial charge >= 0.3 is 11.9 Å². The van der Waals surface area contributed by atoms with Gasteiger partial charge in [0.1, 0.15) is 6.61 Å².